The normalized spacial score (nSPS) is 10.7. The van der Waals surface area contributed by atoms with Gasteiger partial charge in [-0.3, -0.25) is 4.79 Å². The minimum atomic E-state index is -0.365. The molecule has 0 aliphatic carbocycles. The summed E-state index contributed by atoms with van der Waals surface area (Å²) in [4.78, 5) is 12.4. The number of nitrogens with zero attached hydrogens (tertiary/aromatic N) is 1. The summed E-state index contributed by atoms with van der Waals surface area (Å²) in [5.41, 5.74) is 1.43. The van der Waals surface area contributed by atoms with Crippen LogP contribution in [-0.4, -0.2) is 10.5 Å². The first kappa shape index (κ1) is 17.2. The molecule has 0 aliphatic rings. The third kappa shape index (κ3) is 3.70. The minimum absolute atomic E-state index is 0.331. The molecule has 0 saturated carbocycles. The van der Waals surface area contributed by atoms with Crippen LogP contribution in [0.15, 0.2) is 54.9 Å². The highest BCUT2D eigenvalue weighted by Crippen LogP contribution is 2.31. The van der Waals surface area contributed by atoms with E-state index in [0.717, 1.165) is 0 Å². The molecule has 3 nitrogen and oxygen atoms in total. The average Bonchev–Trinajstić information content (AvgIpc) is 2.99. The van der Waals surface area contributed by atoms with Crippen molar-refractivity contribution in [3.05, 3.63) is 80.5 Å². The maximum absolute atomic E-state index is 12.4. The molecule has 1 aromatic heterocycles. The Morgan fingerprint density at radius 1 is 0.833 bits per heavy atom. The molecule has 1 amide bonds. The molecule has 0 radical (unpaired) electrons. The van der Waals surface area contributed by atoms with Crippen molar-refractivity contribution < 1.29 is 4.79 Å². The molecular formula is C17H10Cl4N2O. The summed E-state index contributed by atoms with van der Waals surface area (Å²) < 4.78 is 1.78. The predicted octanol–water partition coefficient (Wildman–Crippen LogP) is 6.34. The second-order valence-corrected chi connectivity index (χ2v) is 6.68. The maximum Gasteiger partial charge on any atom is 0.255 e. The van der Waals surface area contributed by atoms with E-state index in [4.69, 9.17) is 46.4 Å². The maximum atomic E-state index is 12.4. The first-order chi connectivity index (χ1) is 11.4. The fourth-order valence-electron chi connectivity index (χ4n) is 2.26. The topological polar surface area (TPSA) is 34.0 Å². The summed E-state index contributed by atoms with van der Waals surface area (Å²) in [6.07, 6.45) is 3.64. The number of amides is 1. The van der Waals surface area contributed by atoms with Crippen LogP contribution in [0.5, 0.6) is 0 Å². The number of nitrogens with one attached hydrogen (secondary N) is 1. The zero-order chi connectivity index (χ0) is 17.3. The molecule has 1 N–H and O–H groups in total. The quantitative estimate of drug-likeness (QED) is 0.547. The van der Waals surface area contributed by atoms with Gasteiger partial charge >= 0.3 is 0 Å². The van der Waals surface area contributed by atoms with Crippen LogP contribution in [-0.2, 0) is 0 Å². The number of benzene rings is 2. The van der Waals surface area contributed by atoms with Crippen LogP contribution in [0.1, 0.15) is 10.4 Å². The monoisotopic (exact) mass is 398 g/mol. The lowest BCUT2D eigenvalue weighted by molar-refractivity contribution is 0.102. The van der Waals surface area contributed by atoms with Gasteiger partial charge in [0.05, 0.1) is 15.7 Å². The molecule has 3 aromatic rings. The molecule has 0 fully saturated rings. The van der Waals surface area contributed by atoms with Gasteiger partial charge in [0.15, 0.2) is 0 Å². The highest BCUT2D eigenvalue weighted by molar-refractivity contribution is 6.38. The fourth-order valence-corrected chi connectivity index (χ4v) is 3.46. The lowest BCUT2D eigenvalue weighted by Gasteiger charge is -2.12. The van der Waals surface area contributed by atoms with Gasteiger partial charge in [-0.25, -0.2) is 0 Å². The van der Waals surface area contributed by atoms with Gasteiger partial charge in [-0.1, -0.05) is 46.4 Å². The number of hydrogen-bond donors (Lipinski definition) is 1. The largest absolute Gasteiger partial charge is 0.322 e. The highest BCUT2D eigenvalue weighted by atomic mass is 35.5. The smallest absolute Gasteiger partial charge is 0.255 e. The second-order valence-electron chi connectivity index (χ2n) is 4.99. The van der Waals surface area contributed by atoms with Crippen molar-refractivity contribution in [2.24, 2.45) is 0 Å². The van der Waals surface area contributed by atoms with Gasteiger partial charge in [-0.05, 0) is 42.5 Å². The van der Waals surface area contributed by atoms with Gasteiger partial charge in [0.1, 0.15) is 0 Å². The van der Waals surface area contributed by atoms with Gasteiger partial charge in [0.25, 0.3) is 5.91 Å². The third-order valence-electron chi connectivity index (χ3n) is 3.26. The number of aromatic nitrogens is 1. The highest BCUT2D eigenvalue weighted by Gasteiger charge is 2.14. The van der Waals surface area contributed by atoms with Crippen LogP contribution in [0.2, 0.25) is 20.1 Å². The lowest BCUT2D eigenvalue weighted by Crippen LogP contribution is -2.12. The Kier molecular flexibility index (Phi) is 5.07. The predicted molar refractivity (Wildman–Crippen MR) is 100 cm³/mol. The molecular weight excluding hydrogens is 390 g/mol. The number of anilines is 1. The minimum Gasteiger partial charge on any atom is -0.322 e. The van der Waals surface area contributed by atoms with Crippen molar-refractivity contribution >= 4 is 58.0 Å². The molecule has 0 spiro atoms. The molecule has 0 aliphatic heterocycles. The molecule has 2 aromatic carbocycles. The van der Waals surface area contributed by atoms with E-state index in [1.165, 1.54) is 0 Å². The van der Waals surface area contributed by atoms with Crippen LogP contribution in [0.4, 0.5) is 5.69 Å². The molecule has 0 unspecified atom stereocenters. The number of carbonyl (C=O) groups excluding carboxylic acids is 1. The van der Waals surface area contributed by atoms with E-state index in [1.807, 2.05) is 24.5 Å². The van der Waals surface area contributed by atoms with E-state index in [-0.39, 0.29) is 5.91 Å². The molecule has 3 rings (SSSR count). The Morgan fingerprint density at radius 2 is 1.38 bits per heavy atom. The number of hydrogen-bond acceptors (Lipinski definition) is 1. The van der Waals surface area contributed by atoms with Gasteiger partial charge < -0.3 is 9.88 Å². The Hall–Kier alpha value is -1.65. The Labute approximate surface area is 158 Å². The van der Waals surface area contributed by atoms with Crippen molar-refractivity contribution in [3.63, 3.8) is 0 Å². The van der Waals surface area contributed by atoms with Gasteiger partial charge in [-0.2, -0.15) is 0 Å². The van der Waals surface area contributed by atoms with E-state index >= 15 is 0 Å². The van der Waals surface area contributed by atoms with E-state index < -0.39 is 0 Å². The second kappa shape index (κ2) is 7.08. The standard InChI is InChI=1S/C17H10Cl4N2O/c18-11-7-12(19)9-13(8-11)22-17(24)10-5-14(20)16(15(21)6-10)23-3-1-2-4-23/h1-9H,(H,22,24). The zero-order valence-electron chi connectivity index (χ0n) is 12.1. The van der Waals surface area contributed by atoms with Gasteiger partial charge in [0.2, 0.25) is 0 Å². The fraction of sp³-hybridized carbons (Fsp3) is 0. The third-order valence-corrected chi connectivity index (χ3v) is 4.27. The molecule has 122 valence electrons. The van der Waals surface area contributed by atoms with Gasteiger partial charge in [0, 0.05) is 33.7 Å². The number of rotatable bonds is 3. The van der Waals surface area contributed by atoms with E-state index in [2.05, 4.69) is 5.32 Å². The molecule has 7 heteroatoms. The number of carbonyl (C=O) groups is 1. The van der Waals surface area contributed by atoms with Crippen molar-refractivity contribution in [1.29, 1.82) is 0 Å². The molecule has 1 heterocycles. The van der Waals surface area contributed by atoms with Crippen LogP contribution < -0.4 is 5.32 Å². The van der Waals surface area contributed by atoms with Crippen molar-refractivity contribution in [1.82, 2.24) is 4.57 Å². The van der Waals surface area contributed by atoms with Crippen LogP contribution >= 0.6 is 46.4 Å². The molecule has 0 atom stereocenters. The number of halogens is 4. The Balaban J connectivity index is 1.91. The van der Waals surface area contributed by atoms with Crippen LogP contribution in [0, 0.1) is 0 Å². The van der Waals surface area contributed by atoms with Crippen molar-refractivity contribution in [2.45, 2.75) is 0 Å². The van der Waals surface area contributed by atoms with E-state index in [1.54, 1.807) is 34.9 Å². The SMILES string of the molecule is O=C(Nc1cc(Cl)cc(Cl)c1)c1cc(Cl)c(-n2cccc2)c(Cl)c1. The summed E-state index contributed by atoms with van der Waals surface area (Å²) in [5, 5.41) is 4.31. The molecule has 24 heavy (non-hydrogen) atoms. The summed E-state index contributed by atoms with van der Waals surface area (Å²) in [5.74, 6) is -0.365. The van der Waals surface area contributed by atoms with Crippen LogP contribution in [0.25, 0.3) is 5.69 Å². The summed E-state index contributed by atoms with van der Waals surface area (Å²) in [6.45, 7) is 0. The van der Waals surface area contributed by atoms with Gasteiger partial charge in [-0.15, -0.1) is 0 Å². The van der Waals surface area contributed by atoms with E-state index in [0.29, 0.717) is 37.0 Å². The Bertz CT molecular complexity index is 864. The van der Waals surface area contributed by atoms with Crippen LogP contribution in [0.3, 0.4) is 0 Å². The summed E-state index contributed by atoms with van der Waals surface area (Å²) in [7, 11) is 0. The average molecular weight is 400 g/mol. The Morgan fingerprint density at radius 3 is 1.92 bits per heavy atom. The zero-order valence-corrected chi connectivity index (χ0v) is 15.1. The van der Waals surface area contributed by atoms with E-state index in [9.17, 15) is 4.79 Å². The van der Waals surface area contributed by atoms with Crippen molar-refractivity contribution in [2.75, 3.05) is 5.32 Å². The first-order valence-electron chi connectivity index (χ1n) is 6.84. The lowest BCUT2D eigenvalue weighted by atomic mass is 10.1. The van der Waals surface area contributed by atoms with Crippen molar-refractivity contribution in [3.8, 4) is 5.69 Å². The summed E-state index contributed by atoms with van der Waals surface area (Å²) in [6, 6.07) is 11.6. The molecule has 0 saturated heterocycles. The molecule has 0 bridgehead atoms. The summed E-state index contributed by atoms with van der Waals surface area (Å²) >= 11 is 24.4. The first-order valence-corrected chi connectivity index (χ1v) is 8.35.